The summed E-state index contributed by atoms with van der Waals surface area (Å²) >= 11 is 9.44. The lowest BCUT2D eigenvalue weighted by molar-refractivity contribution is 0.697. The van der Waals surface area contributed by atoms with Crippen LogP contribution in [-0.2, 0) is 6.54 Å². The molecule has 2 rings (SSSR count). The van der Waals surface area contributed by atoms with Crippen molar-refractivity contribution in [2.75, 3.05) is 5.73 Å². The first kappa shape index (κ1) is 10.5. The first-order chi connectivity index (χ1) is 7.16. The third-order valence-electron chi connectivity index (χ3n) is 2.08. The van der Waals surface area contributed by atoms with E-state index in [0.29, 0.717) is 17.4 Å². The number of halogens is 2. The predicted molar refractivity (Wildman–Crippen MR) is 64.9 cm³/mol. The summed E-state index contributed by atoms with van der Waals surface area (Å²) < 4.78 is 2.67. The van der Waals surface area contributed by atoms with E-state index in [1.165, 1.54) is 0 Å². The van der Waals surface area contributed by atoms with Crippen LogP contribution in [-0.4, -0.2) is 9.78 Å². The van der Waals surface area contributed by atoms with Crippen LogP contribution in [0.15, 0.2) is 34.9 Å². The Hall–Kier alpha value is -1.000. The van der Waals surface area contributed by atoms with Crippen LogP contribution in [0, 0.1) is 0 Å². The third-order valence-corrected chi connectivity index (χ3v) is 2.93. The van der Waals surface area contributed by atoms with Gasteiger partial charge in [-0.25, -0.2) is 4.68 Å². The SMILES string of the molecule is Nc1ccnn1Cc1ccc(Br)cc1Cl. The second kappa shape index (κ2) is 4.24. The van der Waals surface area contributed by atoms with E-state index in [2.05, 4.69) is 21.0 Å². The van der Waals surface area contributed by atoms with Crippen molar-refractivity contribution in [1.82, 2.24) is 9.78 Å². The molecule has 1 heterocycles. The zero-order valence-electron chi connectivity index (χ0n) is 7.82. The van der Waals surface area contributed by atoms with Crippen LogP contribution in [0.3, 0.4) is 0 Å². The Labute approximate surface area is 101 Å². The number of benzene rings is 1. The van der Waals surface area contributed by atoms with Gasteiger partial charge in [-0.1, -0.05) is 33.6 Å². The molecule has 2 N–H and O–H groups in total. The number of anilines is 1. The maximum atomic E-state index is 6.09. The van der Waals surface area contributed by atoms with Crippen molar-refractivity contribution in [3.8, 4) is 0 Å². The third kappa shape index (κ3) is 2.33. The molecule has 5 heteroatoms. The van der Waals surface area contributed by atoms with Gasteiger partial charge in [-0.05, 0) is 23.8 Å². The first-order valence-corrected chi connectivity index (χ1v) is 5.55. The van der Waals surface area contributed by atoms with Gasteiger partial charge in [0.1, 0.15) is 5.82 Å². The Kier molecular flexibility index (Phi) is 2.98. The molecule has 15 heavy (non-hydrogen) atoms. The number of nitrogens with zero attached hydrogens (tertiary/aromatic N) is 2. The number of nitrogen functional groups attached to an aromatic ring is 1. The highest BCUT2D eigenvalue weighted by atomic mass is 79.9. The van der Waals surface area contributed by atoms with Gasteiger partial charge in [0, 0.05) is 9.50 Å². The summed E-state index contributed by atoms with van der Waals surface area (Å²) in [6.07, 6.45) is 1.67. The first-order valence-electron chi connectivity index (χ1n) is 4.38. The van der Waals surface area contributed by atoms with Crippen molar-refractivity contribution in [3.63, 3.8) is 0 Å². The molecular formula is C10H9BrClN3. The molecule has 1 aromatic heterocycles. The molecule has 0 atom stereocenters. The van der Waals surface area contributed by atoms with Gasteiger partial charge >= 0.3 is 0 Å². The largest absolute Gasteiger partial charge is 0.384 e. The van der Waals surface area contributed by atoms with Gasteiger partial charge in [-0.2, -0.15) is 5.10 Å². The van der Waals surface area contributed by atoms with E-state index in [1.807, 2.05) is 18.2 Å². The lowest BCUT2D eigenvalue weighted by Crippen LogP contribution is -2.05. The minimum Gasteiger partial charge on any atom is -0.384 e. The van der Waals surface area contributed by atoms with Crippen molar-refractivity contribution in [3.05, 3.63) is 45.5 Å². The van der Waals surface area contributed by atoms with Gasteiger partial charge in [-0.3, -0.25) is 0 Å². The Morgan fingerprint density at radius 3 is 2.80 bits per heavy atom. The molecule has 0 spiro atoms. The van der Waals surface area contributed by atoms with E-state index in [4.69, 9.17) is 17.3 Å². The van der Waals surface area contributed by atoms with Crippen molar-refractivity contribution in [2.24, 2.45) is 0 Å². The topological polar surface area (TPSA) is 43.8 Å². The Morgan fingerprint density at radius 2 is 2.20 bits per heavy atom. The van der Waals surface area contributed by atoms with E-state index in [1.54, 1.807) is 16.9 Å². The Bertz CT molecular complexity index is 481. The quantitative estimate of drug-likeness (QED) is 0.922. The minimum atomic E-state index is 0.588. The summed E-state index contributed by atoms with van der Waals surface area (Å²) in [7, 11) is 0. The van der Waals surface area contributed by atoms with Crippen LogP contribution in [0.25, 0.3) is 0 Å². The molecule has 78 valence electrons. The highest BCUT2D eigenvalue weighted by Gasteiger charge is 2.04. The molecule has 0 amide bonds. The van der Waals surface area contributed by atoms with Gasteiger partial charge in [0.25, 0.3) is 0 Å². The van der Waals surface area contributed by atoms with E-state index in [9.17, 15) is 0 Å². The number of hydrogen-bond donors (Lipinski definition) is 1. The van der Waals surface area contributed by atoms with Crippen molar-refractivity contribution in [1.29, 1.82) is 0 Å². The molecule has 0 bridgehead atoms. The minimum absolute atomic E-state index is 0.588. The van der Waals surface area contributed by atoms with Crippen molar-refractivity contribution >= 4 is 33.3 Å². The molecule has 0 aliphatic carbocycles. The summed E-state index contributed by atoms with van der Waals surface area (Å²) in [5.74, 6) is 0.633. The fraction of sp³-hybridized carbons (Fsp3) is 0.100. The van der Waals surface area contributed by atoms with E-state index in [-0.39, 0.29) is 0 Å². The van der Waals surface area contributed by atoms with Crippen LogP contribution in [0.2, 0.25) is 5.02 Å². The predicted octanol–water partition coefficient (Wildman–Crippen LogP) is 2.93. The highest BCUT2D eigenvalue weighted by Crippen LogP contribution is 2.22. The molecule has 0 radical (unpaired) electrons. The average Bonchev–Trinajstić information content (AvgIpc) is 2.57. The van der Waals surface area contributed by atoms with Crippen molar-refractivity contribution < 1.29 is 0 Å². The molecular weight excluding hydrogens is 277 g/mol. The molecule has 3 nitrogen and oxygen atoms in total. The van der Waals surface area contributed by atoms with E-state index >= 15 is 0 Å². The molecule has 0 unspecified atom stereocenters. The summed E-state index contributed by atoms with van der Waals surface area (Å²) in [5.41, 5.74) is 6.71. The molecule has 0 saturated heterocycles. The summed E-state index contributed by atoms with van der Waals surface area (Å²) in [6, 6.07) is 7.51. The molecule has 0 saturated carbocycles. The number of nitrogens with two attached hydrogens (primary N) is 1. The Balaban J connectivity index is 2.29. The fourth-order valence-electron chi connectivity index (χ4n) is 1.29. The van der Waals surface area contributed by atoms with Gasteiger partial charge < -0.3 is 5.73 Å². The molecule has 0 aliphatic rings. The summed E-state index contributed by atoms with van der Waals surface area (Å²) in [4.78, 5) is 0. The lowest BCUT2D eigenvalue weighted by Gasteiger charge is -2.06. The lowest BCUT2D eigenvalue weighted by atomic mass is 10.2. The number of rotatable bonds is 2. The van der Waals surface area contributed by atoms with Crippen LogP contribution in [0.1, 0.15) is 5.56 Å². The number of aromatic nitrogens is 2. The highest BCUT2D eigenvalue weighted by molar-refractivity contribution is 9.10. The summed E-state index contributed by atoms with van der Waals surface area (Å²) in [5, 5.41) is 4.80. The second-order valence-electron chi connectivity index (χ2n) is 3.15. The van der Waals surface area contributed by atoms with Gasteiger partial charge in [-0.15, -0.1) is 0 Å². The average molecular weight is 287 g/mol. The second-order valence-corrected chi connectivity index (χ2v) is 4.47. The van der Waals surface area contributed by atoms with E-state index in [0.717, 1.165) is 10.0 Å². The van der Waals surface area contributed by atoms with Gasteiger partial charge in [0.2, 0.25) is 0 Å². The maximum absolute atomic E-state index is 6.09. The number of hydrogen-bond acceptors (Lipinski definition) is 2. The fourth-order valence-corrected chi connectivity index (χ4v) is 2.02. The van der Waals surface area contributed by atoms with Gasteiger partial charge in [0.15, 0.2) is 0 Å². The zero-order valence-corrected chi connectivity index (χ0v) is 10.2. The van der Waals surface area contributed by atoms with Crippen LogP contribution in [0.4, 0.5) is 5.82 Å². The van der Waals surface area contributed by atoms with E-state index < -0.39 is 0 Å². The Morgan fingerprint density at radius 1 is 1.40 bits per heavy atom. The van der Waals surface area contributed by atoms with Crippen LogP contribution < -0.4 is 5.73 Å². The maximum Gasteiger partial charge on any atom is 0.122 e. The van der Waals surface area contributed by atoms with Gasteiger partial charge in [0.05, 0.1) is 12.7 Å². The zero-order chi connectivity index (χ0) is 10.8. The molecule has 0 aliphatic heterocycles. The monoisotopic (exact) mass is 285 g/mol. The summed E-state index contributed by atoms with van der Waals surface area (Å²) in [6.45, 7) is 0.588. The van der Waals surface area contributed by atoms with Crippen LogP contribution in [0.5, 0.6) is 0 Å². The molecule has 1 aromatic carbocycles. The smallest absolute Gasteiger partial charge is 0.122 e. The molecule has 0 fully saturated rings. The molecule has 2 aromatic rings. The standard InChI is InChI=1S/C10H9BrClN3/c11-8-2-1-7(9(12)5-8)6-15-10(13)3-4-14-15/h1-5H,6,13H2. The van der Waals surface area contributed by atoms with Crippen molar-refractivity contribution in [2.45, 2.75) is 6.54 Å². The van der Waals surface area contributed by atoms with Crippen LogP contribution >= 0.6 is 27.5 Å². The normalized spacial score (nSPS) is 10.5.